The van der Waals surface area contributed by atoms with Crippen molar-refractivity contribution in [1.82, 2.24) is 4.98 Å². The van der Waals surface area contributed by atoms with Gasteiger partial charge in [0.15, 0.2) is 0 Å². The van der Waals surface area contributed by atoms with Gasteiger partial charge in [0.2, 0.25) is 0 Å². The monoisotopic (exact) mass is 256 g/mol. The molecule has 0 atom stereocenters. The predicted octanol–water partition coefficient (Wildman–Crippen LogP) is 3.47. The second kappa shape index (κ2) is 4.02. The molecule has 3 N–H and O–H groups in total. The molecule has 0 unspecified atom stereocenters. The second-order valence-corrected chi connectivity index (χ2v) is 5.27. The van der Waals surface area contributed by atoms with Crippen molar-refractivity contribution in [2.75, 3.05) is 0 Å². The lowest BCUT2D eigenvalue weighted by Crippen LogP contribution is -2.34. The number of rotatable bonds is 2. The van der Waals surface area contributed by atoms with E-state index < -0.39 is 11.9 Å². The summed E-state index contributed by atoms with van der Waals surface area (Å²) in [6.45, 7) is 3.77. The molecule has 0 amide bonds. The summed E-state index contributed by atoms with van der Waals surface area (Å²) < 4.78 is 37.6. The second-order valence-electron chi connectivity index (χ2n) is 5.27. The fourth-order valence-electron chi connectivity index (χ4n) is 1.97. The van der Waals surface area contributed by atoms with E-state index >= 15 is 0 Å². The van der Waals surface area contributed by atoms with Gasteiger partial charge in [0, 0.05) is 16.4 Å². The van der Waals surface area contributed by atoms with Crippen LogP contribution in [0.5, 0.6) is 0 Å². The molecule has 5 heteroatoms. The molecule has 0 spiro atoms. The molecular weight excluding hydrogens is 241 g/mol. The molecule has 0 radical (unpaired) electrons. The quantitative estimate of drug-likeness (QED) is 0.848. The molecule has 0 fully saturated rings. The summed E-state index contributed by atoms with van der Waals surface area (Å²) >= 11 is 0. The highest BCUT2D eigenvalue weighted by atomic mass is 19.4. The first kappa shape index (κ1) is 13.0. The lowest BCUT2D eigenvalue weighted by atomic mass is 9.95. The van der Waals surface area contributed by atoms with Crippen LogP contribution in [0.1, 0.15) is 25.1 Å². The van der Waals surface area contributed by atoms with E-state index in [4.69, 9.17) is 5.73 Å². The third kappa shape index (κ3) is 2.85. The summed E-state index contributed by atoms with van der Waals surface area (Å²) in [5, 5.41) is 0.559. The summed E-state index contributed by atoms with van der Waals surface area (Å²) in [5.74, 6) is 0. The maximum atomic E-state index is 12.5. The minimum atomic E-state index is -4.34. The number of aromatic amines is 1. The van der Waals surface area contributed by atoms with Crippen LogP contribution >= 0.6 is 0 Å². The number of nitrogens with one attached hydrogen (secondary N) is 1. The van der Waals surface area contributed by atoms with Crippen molar-refractivity contribution in [2.24, 2.45) is 5.73 Å². The fraction of sp³-hybridized carbons (Fsp3) is 0.385. The van der Waals surface area contributed by atoms with Gasteiger partial charge < -0.3 is 10.7 Å². The Labute approximate surface area is 103 Å². The summed E-state index contributed by atoms with van der Waals surface area (Å²) in [6, 6.07) is 6.33. The highest BCUT2D eigenvalue weighted by Gasteiger charge is 2.32. The molecule has 0 saturated heterocycles. The summed E-state index contributed by atoms with van der Waals surface area (Å²) in [4.78, 5) is 2.37. The predicted molar refractivity (Wildman–Crippen MR) is 65.3 cm³/mol. The molecule has 0 aliphatic rings. The van der Waals surface area contributed by atoms with E-state index in [2.05, 4.69) is 4.98 Å². The van der Waals surface area contributed by atoms with Crippen LogP contribution in [0, 0.1) is 0 Å². The third-order valence-corrected chi connectivity index (χ3v) is 2.65. The molecule has 1 heterocycles. The van der Waals surface area contributed by atoms with Gasteiger partial charge >= 0.3 is 6.18 Å². The van der Waals surface area contributed by atoms with Crippen molar-refractivity contribution in [3.63, 3.8) is 0 Å². The van der Waals surface area contributed by atoms with Crippen molar-refractivity contribution in [3.05, 3.63) is 35.5 Å². The SMILES string of the molecule is CC(C)(N)Cc1ccc2[nH]c(C(F)(F)F)cc2c1. The van der Waals surface area contributed by atoms with Gasteiger partial charge in [0.1, 0.15) is 5.69 Å². The Morgan fingerprint density at radius 3 is 2.39 bits per heavy atom. The molecule has 0 saturated carbocycles. The minimum absolute atomic E-state index is 0.378. The molecule has 18 heavy (non-hydrogen) atoms. The van der Waals surface area contributed by atoms with E-state index in [0.717, 1.165) is 11.6 Å². The Hall–Kier alpha value is -1.49. The van der Waals surface area contributed by atoms with Gasteiger partial charge in [-0.3, -0.25) is 0 Å². The first-order valence-electron chi connectivity index (χ1n) is 5.63. The molecule has 1 aromatic carbocycles. The number of hydrogen-bond acceptors (Lipinski definition) is 1. The van der Waals surface area contributed by atoms with Gasteiger partial charge in [-0.1, -0.05) is 6.07 Å². The van der Waals surface area contributed by atoms with Crippen molar-refractivity contribution >= 4 is 10.9 Å². The van der Waals surface area contributed by atoms with Gasteiger partial charge in [-0.2, -0.15) is 13.2 Å². The van der Waals surface area contributed by atoms with Crippen LogP contribution in [0.25, 0.3) is 10.9 Å². The normalized spacial score (nSPS) is 13.2. The van der Waals surface area contributed by atoms with E-state index in [9.17, 15) is 13.2 Å². The molecule has 98 valence electrons. The van der Waals surface area contributed by atoms with Crippen molar-refractivity contribution in [3.8, 4) is 0 Å². The first-order valence-corrected chi connectivity index (χ1v) is 5.63. The van der Waals surface area contributed by atoms with Gasteiger partial charge in [-0.15, -0.1) is 0 Å². The molecule has 1 aromatic heterocycles. The van der Waals surface area contributed by atoms with Gasteiger partial charge in [0.25, 0.3) is 0 Å². The summed E-state index contributed by atoms with van der Waals surface area (Å²) in [6.07, 6.45) is -3.72. The smallest absolute Gasteiger partial charge is 0.351 e. The highest BCUT2D eigenvalue weighted by Crippen LogP contribution is 2.31. The van der Waals surface area contributed by atoms with E-state index in [1.165, 1.54) is 0 Å². The number of benzene rings is 1. The Morgan fingerprint density at radius 2 is 1.83 bits per heavy atom. The first-order chi connectivity index (χ1) is 8.15. The molecule has 2 rings (SSSR count). The Kier molecular flexibility index (Phi) is 2.89. The molecule has 2 aromatic rings. The number of fused-ring (bicyclic) bond motifs is 1. The van der Waals surface area contributed by atoms with E-state index in [-0.39, 0.29) is 5.54 Å². The lowest BCUT2D eigenvalue weighted by molar-refractivity contribution is -0.140. The maximum absolute atomic E-state index is 12.5. The van der Waals surface area contributed by atoms with Crippen LogP contribution in [0.4, 0.5) is 13.2 Å². The molecule has 0 aliphatic carbocycles. The van der Waals surface area contributed by atoms with Crippen LogP contribution in [0.3, 0.4) is 0 Å². The molecule has 2 nitrogen and oxygen atoms in total. The zero-order valence-corrected chi connectivity index (χ0v) is 10.2. The topological polar surface area (TPSA) is 41.8 Å². The summed E-state index contributed by atoms with van der Waals surface area (Å²) in [5.41, 5.74) is 6.22. The molecular formula is C13H15F3N2. The van der Waals surface area contributed by atoms with Crippen LogP contribution < -0.4 is 5.73 Å². The van der Waals surface area contributed by atoms with Crippen LogP contribution in [0.15, 0.2) is 24.3 Å². The summed E-state index contributed by atoms with van der Waals surface area (Å²) in [7, 11) is 0. The van der Waals surface area contributed by atoms with Crippen molar-refractivity contribution < 1.29 is 13.2 Å². The van der Waals surface area contributed by atoms with Gasteiger partial charge in [0.05, 0.1) is 0 Å². The third-order valence-electron chi connectivity index (χ3n) is 2.65. The average Bonchev–Trinajstić information content (AvgIpc) is 2.57. The average molecular weight is 256 g/mol. The zero-order valence-electron chi connectivity index (χ0n) is 10.2. The largest absolute Gasteiger partial charge is 0.431 e. The van der Waals surface area contributed by atoms with Crippen LogP contribution in [-0.2, 0) is 12.6 Å². The fourth-order valence-corrected chi connectivity index (χ4v) is 1.97. The number of H-pyrrole nitrogens is 1. The number of nitrogens with two attached hydrogens (primary N) is 1. The highest BCUT2D eigenvalue weighted by molar-refractivity contribution is 5.81. The maximum Gasteiger partial charge on any atom is 0.431 e. The van der Waals surface area contributed by atoms with Crippen molar-refractivity contribution in [2.45, 2.75) is 32.0 Å². The van der Waals surface area contributed by atoms with Gasteiger partial charge in [-0.25, -0.2) is 0 Å². The van der Waals surface area contributed by atoms with Gasteiger partial charge in [-0.05, 0) is 44.0 Å². The Morgan fingerprint density at radius 1 is 1.17 bits per heavy atom. The number of halogens is 3. The molecule has 0 aliphatic heterocycles. The number of alkyl halides is 3. The standard InChI is InChI=1S/C13H15F3N2/c1-12(2,17)7-8-3-4-10-9(5-8)6-11(18-10)13(14,15)16/h3-6,18H,7,17H2,1-2H3. The number of hydrogen-bond donors (Lipinski definition) is 2. The van der Waals surface area contributed by atoms with Crippen LogP contribution in [-0.4, -0.2) is 10.5 Å². The lowest BCUT2D eigenvalue weighted by Gasteiger charge is -2.18. The minimum Gasteiger partial charge on any atom is -0.351 e. The Bertz CT molecular complexity index is 562. The molecule has 0 bridgehead atoms. The van der Waals surface area contributed by atoms with E-state index in [1.54, 1.807) is 18.2 Å². The van der Waals surface area contributed by atoms with E-state index in [0.29, 0.717) is 17.3 Å². The zero-order chi connectivity index (χ0) is 13.6. The van der Waals surface area contributed by atoms with Crippen LogP contribution in [0.2, 0.25) is 0 Å². The number of aromatic nitrogens is 1. The van der Waals surface area contributed by atoms with Crippen molar-refractivity contribution in [1.29, 1.82) is 0 Å². The Balaban J connectivity index is 2.40. The van der Waals surface area contributed by atoms with E-state index in [1.807, 2.05) is 13.8 Å².